The number of likely N-dealkylation sites (tertiary alicyclic amines) is 1. The summed E-state index contributed by atoms with van der Waals surface area (Å²) in [6, 6.07) is 3.00. The quantitative estimate of drug-likeness (QED) is 0.834. The second kappa shape index (κ2) is 7.98. The average Bonchev–Trinajstić information content (AvgIpc) is 3.02. The minimum Gasteiger partial charge on any atom is -0.394 e. The van der Waals surface area contributed by atoms with Crippen LogP contribution in [0.15, 0.2) is 18.2 Å². The molecule has 144 valence electrons. The lowest BCUT2D eigenvalue weighted by Gasteiger charge is -2.43. The number of carbonyl (C=O) groups excluding carboxylic acids is 1. The number of methoxy groups -OCH3 is 1. The molecule has 1 aliphatic heterocycles. The molecule has 1 saturated heterocycles. The largest absolute Gasteiger partial charge is 0.394 e. The van der Waals surface area contributed by atoms with Crippen LogP contribution in [0.4, 0.5) is 8.78 Å². The van der Waals surface area contributed by atoms with Crippen LogP contribution in [0.1, 0.15) is 31.2 Å². The molecule has 26 heavy (non-hydrogen) atoms. The van der Waals surface area contributed by atoms with Crippen LogP contribution in [0.2, 0.25) is 0 Å². The molecule has 1 saturated carbocycles. The van der Waals surface area contributed by atoms with E-state index < -0.39 is 17.2 Å². The van der Waals surface area contributed by atoms with Crippen LogP contribution in [0, 0.1) is 11.6 Å². The van der Waals surface area contributed by atoms with Gasteiger partial charge in [-0.2, -0.15) is 0 Å². The number of amides is 1. The Morgan fingerprint density at radius 3 is 2.92 bits per heavy atom. The molecular weight excluding hydrogens is 344 g/mol. The Morgan fingerprint density at radius 2 is 2.19 bits per heavy atom. The van der Waals surface area contributed by atoms with E-state index >= 15 is 0 Å². The number of ether oxygens (including phenoxy) is 2. The third kappa shape index (κ3) is 3.75. The van der Waals surface area contributed by atoms with Gasteiger partial charge in [-0.1, -0.05) is 0 Å². The molecule has 7 heteroatoms. The van der Waals surface area contributed by atoms with E-state index in [4.69, 9.17) is 14.6 Å². The zero-order chi connectivity index (χ0) is 18.7. The molecule has 1 heterocycles. The lowest BCUT2D eigenvalue weighted by atomic mass is 9.79. The van der Waals surface area contributed by atoms with Crippen molar-refractivity contribution in [3.05, 3.63) is 35.4 Å². The molecule has 1 aliphatic carbocycles. The summed E-state index contributed by atoms with van der Waals surface area (Å²) in [6.07, 6.45) is 2.69. The summed E-state index contributed by atoms with van der Waals surface area (Å²) >= 11 is 0. The lowest BCUT2D eigenvalue weighted by Crippen LogP contribution is -2.53. The van der Waals surface area contributed by atoms with Crippen molar-refractivity contribution in [2.24, 2.45) is 0 Å². The summed E-state index contributed by atoms with van der Waals surface area (Å²) in [5, 5.41) is 8.95. The maximum Gasteiger partial charge on any atom is 0.227 e. The van der Waals surface area contributed by atoms with Crippen LogP contribution >= 0.6 is 0 Å². The third-order valence-corrected chi connectivity index (χ3v) is 5.66. The van der Waals surface area contributed by atoms with Crippen LogP contribution in [-0.4, -0.2) is 60.5 Å². The maximum absolute atomic E-state index is 13.9. The zero-order valence-electron chi connectivity index (χ0n) is 14.9. The van der Waals surface area contributed by atoms with Gasteiger partial charge >= 0.3 is 0 Å². The highest BCUT2D eigenvalue weighted by molar-refractivity contribution is 5.79. The van der Waals surface area contributed by atoms with E-state index in [2.05, 4.69) is 0 Å². The Morgan fingerprint density at radius 1 is 1.38 bits per heavy atom. The van der Waals surface area contributed by atoms with Gasteiger partial charge < -0.3 is 19.5 Å². The molecule has 1 N–H and O–H groups in total. The molecule has 0 unspecified atom stereocenters. The van der Waals surface area contributed by atoms with Crippen molar-refractivity contribution < 1.29 is 28.2 Å². The summed E-state index contributed by atoms with van der Waals surface area (Å²) in [4.78, 5) is 14.5. The van der Waals surface area contributed by atoms with E-state index in [0.717, 1.165) is 37.5 Å². The van der Waals surface area contributed by atoms with E-state index in [1.54, 1.807) is 12.0 Å². The number of halogens is 2. The van der Waals surface area contributed by atoms with E-state index in [9.17, 15) is 13.6 Å². The van der Waals surface area contributed by atoms with Gasteiger partial charge in [0.25, 0.3) is 0 Å². The molecule has 2 aliphatic rings. The van der Waals surface area contributed by atoms with Crippen molar-refractivity contribution in [2.45, 2.75) is 49.9 Å². The van der Waals surface area contributed by atoms with Gasteiger partial charge in [0.2, 0.25) is 5.91 Å². The lowest BCUT2D eigenvalue weighted by molar-refractivity contribution is -0.141. The summed E-state index contributed by atoms with van der Waals surface area (Å²) < 4.78 is 38.7. The van der Waals surface area contributed by atoms with Crippen molar-refractivity contribution in [1.29, 1.82) is 0 Å². The summed E-state index contributed by atoms with van der Waals surface area (Å²) in [6.45, 7) is 0.749. The van der Waals surface area contributed by atoms with Crippen LogP contribution in [0.25, 0.3) is 0 Å². The Kier molecular flexibility index (Phi) is 5.89. The molecular formula is C19H25F2NO4. The highest BCUT2D eigenvalue weighted by atomic mass is 19.1. The molecule has 3 rings (SSSR count). The number of hydrogen-bond donors (Lipinski definition) is 1. The monoisotopic (exact) mass is 369 g/mol. The number of fused-ring (bicyclic) bond motifs is 1. The maximum atomic E-state index is 13.9. The second-order valence-electron chi connectivity index (χ2n) is 7.03. The topological polar surface area (TPSA) is 59.0 Å². The van der Waals surface area contributed by atoms with Gasteiger partial charge in [-0.25, -0.2) is 8.78 Å². The molecule has 0 spiro atoms. The molecule has 1 aromatic rings. The second-order valence-corrected chi connectivity index (χ2v) is 7.03. The Bertz CT molecular complexity index is 656. The van der Waals surface area contributed by atoms with Crippen LogP contribution in [-0.2, 0) is 20.7 Å². The molecule has 5 nitrogen and oxygen atoms in total. The molecule has 0 radical (unpaired) electrons. The van der Waals surface area contributed by atoms with Crippen molar-refractivity contribution in [1.82, 2.24) is 4.90 Å². The number of benzene rings is 1. The molecule has 3 atom stereocenters. The number of nitrogens with zero attached hydrogens (tertiary/aromatic N) is 1. The number of carbonyl (C=O) groups is 1. The minimum atomic E-state index is -0.579. The van der Waals surface area contributed by atoms with Crippen LogP contribution in [0.5, 0.6) is 0 Å². The Balaban J connectivity index is 1.74. The zero-order valence-corrected chi connectivity index (χ0v) is 14.9. The van der Waals surface area contributed by atoms with Gasteiger partial charge in [-0.15, -0.1) is 0 Å². The summed E-state index contributed by atoms with van der Waals surface area (Å²) in [5.74, 6) is -1.37. The summed E-state index contributed by atoms with van der Waals surface area (Å²) in [5.41, 5.74) is -0.344. The third-order valence-electron chi connectivity index (χ3n) is 5.66. The standard InChI is InChI=1S/C19H25F2NO4/c1-25-19-5-4-15(26-9-8-23)12-17(19)22(7-6-19)18(24)11-13-10-14(20)2-3-16(13)21/h2-3,10,15,17,23H,4-9,11-12H2,1H3/t15-,17-,19+/m0/s1. The normalized spacial score (nSPS) is 28.2. The van der Waals surface area contributed by atoms with E-state index in [0.29, 0.717) is 13.0 Å². The first kappa shape index (κ1) is 19.2. The van der Waals surface area contributed by atoms with Gasteiger partial charge in [-0.3, -0.25) is 4.79 Å². The van der Waals surface area contributed by atoms with Crippen molar-refractivity contribution in [3.63, 3.8) is 0 Å². The van der Waals surface area contributed by atoms with Gasteiger partial charge in [0.1, 0.15) is 11.6 Å². The molecule has 1 aromatic carbocycles. The first-order valence-electron chi connectivity index (χ1n) is 9.00. The highest BCUT2D eigenvalue weighted by Gasteiger charge is 2.52. The molecule has 0 aromatic heterocycles. The fourth-order valence-corrected chi connectivity index (χ4v) is 4.27. The SMILES string of the molecule is CO[C@@]12CC[C@H](OCCO)C[C@@H]1N(C(=O)Cc1cc(F)ccc1F)CC2. The van der Waals surface area contributed by atoms with Gasteiger partial charge in [0, 0.05) is 19.2 Å². The van der Waals surface area contributed by atoms with Crippen LogP contribution in [0.3, 0.4) is 0 Å². The highest BCUT2D eigenvalue weighted by Crippen LogP contribution is 2.43. The Labute approximate surface area is 151 Å². The fraction of sp³-hybridized carbons (Fsp3) is 0.632. The first-order valence-corrected chi connectivity index (χ1v) is 9.00. The Hall–Kier alpha value is -1.57. The smallest absolute Gasteiger partial charge is 0.227 e. The van der Waals surface area contributed by atoms with Crippen molar-refractivity contribution in [3.8, 4) is 0 Å². The molecule has 0 bridgehead atoms. The van der Waals surface area contributed by atoms with Gasteiger partial charge in [0.15, 0.2) is 0 Å². The van der Waals surface area contributed by atoms with E-state index in [-0.39, 0.29) is 43.3 Å². The number of hydrogen-bond acceptors (Lipinski definition) is 4. The van der Waals surface area contributed by atoms with Crippen molar-refractivity contribution >= 4 is 5.91 Å². The number of rotatable bonds is 6. The van der Waals surface area contributed by atoms with Gasteiger partial charge in [0.05, 0.1) is 37.4 Å². The van der Waals surface area contributed by atoms with Gasteiger partial charge in [-0.05, 0) is 43.9 Å². The minimum absolute atomic E-state index is 0.0436. The molecule has 1 amide bonds. The van der Waals surface area contributed by atoms with E-state index in [1.165, 1.54) is 0 Å². The number of aliphatic hydroxyl groups is 1. The average molecular weight is 369 g/mol. The van der Waals surface area contributed by atoms with E-state index in [1.807, 2.05) is 0 Å². The molecule has 2 fully saturated rings. The number of aliphatic hydroxyl groups excluding tert-OH is 1. The fourth-order valence-electron chi connectivity index (χ4n) is 4.27. The van der Waals surface area contributed by atoms with Crippen LogP contribution < -0.4 is 0 Å². The first-order chi connectivity index (χ1) is 12.5. The summed E-state index contributed by atoms with van der Waals surface area (Å²) in [7, 11) is 1.65. The predicted octanol–water partition coefficient (Wildman–Crippen LogP) is 2.05. The predicted molar refractivity (Wildman–Crippen MR) is 90.6 cm³/mol. The van der Waals surface area contributed by atoms with Crippen molar-refractivity contribution in [2.75, 3.05) is 26.9 Å².